The van der Waals surface area contributed by atoms with Gasteiger partial charge in [0.2, 0.25) is 0 Å². The molecule has 0 aliphatic carbocycles. The van der Waals surface area contributed by atoms with Crippen molar-refractivity contribution >= 4 is 17.5 Å². The lowest BCUT2D eigenvalue weighted by Crippen LogP contribution is -2.01. The molecule has 0 unspecified atom stereocenters. The van der Waals surface area contributed by atoms with E-state index in [2.05, 4.69) is 22.1 Å². The Bertz CT molecular complexity index is 1010. The molecule has 26 heavy (non-hydrogen) atoms. The zero-order valence-corrected chi connectivity index (χ0v) is 14.1. The number of aryl methyl sites for hydroxylation is 1. The Hall–Kier alpha value is -3.72. The third-order valence-electron chi connectivity index (χ3n) is 3.79. The Morgan fingerprint density at radius 1 is 1.31 bits per heavy atom. The van der Waals surface area contributed by atoms with E-state index in [-0.39, 0.29) is 11.4 Å². The highest BCUT2D eigenvalue weighted by Crippen LogP contribution is 2.15. The number of carboxylic acid groups (broad SMARTS) is 1. The molecule has 6 heteroatoms. The molecule has 0 bridgehead atoms. The third-order valence-corrected chi connectivity index (χ3v) is 3.79. The Morgan fingerprint density at radius 2 is 2.15 bits per heavy atom. The summed E-state index contributed by atoms with van der Waals surface area (Å²) in [5, 5.41) is 12.3. The molecular formula is C20H17N3O3. The summed E-state index contributed by atoms with van der Waals surface area (Å²) in [5.41, 5.74) is 8.97. The molecule has 1 aromatic carbocycles. The predicted octanol–water partition coefficient (Wildman–Crippen LogP) is 3.28. The van der Waals surface area contributed by atoms with Gasteiger partial charge in [0.1, 0.15) is 11.6 Å². The molecule has 0 spiro atoms. The third kappa shape index (κ3) is 4.02. The lowest BCUT2D eigenvalue weighted by Gasteiger charge is -2.05. The van der Waals surface area contributed by atoms with Crippen LogP contribution in [0.5, 0.6) is 0 Å². The second kappa shape index (κ2) is 7.45. The largest absolute Gasteiger partial charge is 0.478 e. The van der Waals surface area contributed by atoms with Crippen LogP contribution in [0.2, 0.25) is 0 Å². The first-order valence-corrected chi connectivity index (χ1v) is 7.90. The van der Waals surface area contributed by atoms with Crippen molar-refractivity contribution in [1.82, 2.24) is 4.98 Å². The quantitative estimate of drug-likeness (QED) is 0.626. The van der Waals surface area contributed by atoms with E-state index in [4.69, 9.17) is 15.3 Å². The van der Waals surface area contributed by atoms with E-state index in [0.717, 1.165) is 22.6 Å². The Balaban J connectivity index is 1.77. The molecule has 2 heterocycles. The number of aromatic nitrogens is 1. The van der Waals surface area contributed by atoms with E-state index < -0.39 is 5.97 Å². The summed E-state index contributed by atoms with van der Waals surface area (Å²) in [6, 6.07) is 10.9. The molecular weight excluding hydrogens is 330 g/mol. The SMILES string of the molecule is Cc1ccoc1CNc1cccc(C#Cc2cc(C(=O)O)cnc2N)c1. The van der Waals surface area contributed by atoms with Crippen LogP contribution in [0.15, 0.2) is 53.3 Å². The number of benzene rings is 1. The fraction of sp³-hybridized carbons (Fsp3) is 0.100. The fourth-order valence-electron chi connectivity index (χ4n) is 2.31. The summed E-state index contributed by atoms with van der Waals surface area (Å²) in [6.07, 6.45) is 2.88. The number of nitrogens with zero attached hydrogens (tertiary/aromatic N) is 1. The lowest BCUT2D eigenvalue weighted by atomic mass is 10.1. The van der Waals surface area contributed by atoms with Crippen LogP contribution in [-0.4, -0.2) is 16.1 Å². The standard InChI is InChI=1S/C20H17N3O3/c1-13-7-8-26-18(13)12-22-17-4-2-3-14(9-17)5-6-15-10-16(20(24)25)11-23-19(15)21/h2-4,7-11,22H,12H2,1H3,(H2,21,23)(H,24,25). The van der Waals surface area contributed by atoms with Gasteiger partial charge < -0.3 is 20.6 Å². The van der Waals surface area contributed by atoms with Crippen LogP contribution >= 0.6 is 0 Å². The van der Waals surface area contributed by atoms with Crippen molar-refractivity contribution < 1.29 is 14.3 Å². The maximum absolute atomic E-state index is 11.0. The van der Waals surface area contributed by atoms with Crippen molar-refractivity contribution in [3.8, 4) is 11.8 Å². The van der Waals surface area contributed by atoms with Crippen LogP contribution in [-0.2, 0) is 6.54 Å². The minimum Gasteiger partial charge on any atom is -0.478 e. The topological polar surface area (TPSA) is 101 Å². The van der Waals surface area contributed by atoms with Crippen molar-refractivity contribution in [2.45, 2.75) is 13.5 Å². The van der Waals surface area contributed by atoms with Crippen LogP contribution in [0.1, 0.15) is 32.8 Å². The minimum atomic E-state index is -1.07. The molecule has 2 aromatic heterocycles. The van der Waals surface area contributed by atoms with E-state index in [1.807, 2.05) is 37.3 Å². The molecule has 0 radical (unpaired) electrons. The maximum Gasteiger partial charge on any atom is 0.337 e. The lowest BCUT2D eigenvalue weighted by molar-refractivity contribution is 0.0696. The summed E-state index contributed by atoms with van der Waals surface area (Å²) in [5.74, 6) is 5.88. The minimum absolute atomic E-state index is 0.0488. The number of nitrogen functional groups attached to an aromatic ring is 1. The van der Waals surface area contributed by atoms with Crippen LogP contribution in [0.25, 0.3) is 0 Å². The van der Waals surface area contributed by atoms with Crippen LogP contribution in [0.3, 0.4) is 0 Å². The molecule has 0 aliphatic rings. The molecule has 3 aromatic rings. The van der Waals surface area contributed by atoms with Gasteiger partial charge in [-0.3, -0.25) is 0 Å². The van der Waals surface area contributed by atoms with Gasteiger partial charge >= 0.3 is 5.97 Å². The molecule has 0 aliphatic heterocycles. The summed E-state index contributed by atoms with van der Waals surface area (Å²) in [7, 11) is 0. The zero-order chi connectivity index (χ0) is 18.5. The first kappa shape index (κ1) is 17.1. The van der Waals surface area contributed by atoms with Gasteiger partial charge in [0, 0.05) is 17.4 Å². The Labute approximate surface area is 150 Å². The van der Waals surface area contributed by atoms with Gasteiger partial charge in [-0.05, 0) is 42.8 Å². The fourth-order valence-corrected chi connectivity index (χ4v) is 2.31. The number of carboxylic acids is 1. The maximum atomic E-state index is 11.0. The molecule has 0 saturated carbocycles. The van der Waals surface area contributed by atoms with Crippen LogP contribution in [0.4, 0.5) is 11.5 Å². The number of carbonyl (C=O) groups is 1. The van der Waals surface area contributed by atoms with Crippen molar-refractivity contribution in [3.05, 3.63) is 76.9 Å². The van der Waals surface area contributed by atoms with Gasteiger partial charge in [0.25, 0.3) is 0 Å². The van der Waals surface area contributed by atoms with E-state index in [1.165, 1.54) is 12.3 Å². The van der Waals surface area contributed by atoms with Gasteiger partial charge in [-0.15, -0.1) is 0 Å². The molecule has 6 nitrogen and oxygen atoms in total. The highest BCUT2D eigenvalue weighted by molar-refractivity contribution is 5.88. The molecule has 0 amide bonds. The molecule has 4 N–H and O–H groups in total. The Morgan fingerprint density at radius 3 is 2.88 bits per heavy atom. The number of rotatable bonds is 4. The van der Waals surface area contributed by atoms with Crippen molar-refractivity contribution in [2.24, 2.45) is 0 Å². The number of furan rings is 1. The van der Waals surface area contributed by atoms with Gasteiger partial charge in [-0.1, -0.05) is 17.9 Å². The summed E-state index contributed by atoms with van der Waals surface area (Å²) in [4.78, 5) is 14.9. The normalized spacial score (nSPS) is 10.0. The van der Waals surface area contributed by atoms with E-state index in [1.54, 1.807) is 6.26 Å². The number of hydrogen-bond donors (Lipinski definition) is 3. The van der Waals surface area contributed by atoms with E-state index >= 15 is 0 Å². The number of anilines is 2. The number of hydrogen-bond acceptors (Lipinski definition) is 5. The van der Waals surface area contributed by atoms with Crippen molar-refractivity contribution in [1.29, 1.82) is 0 Å². The van der Waals surface area contributed by atoms with E-state index in [9.17, 15) is 4.79 Å². The second-order valence-electron chi connectivity index (χ2n) is 5.67. The van der Waals surface area contributed by atoms with Gasteiger partial charge in [-0.2, -0.15) is 0 Å². The number of nitrogens with two attached hydrogens (primary N) is 1. The monoisotopic (exact) mass is 347 g/mol. The first-order chi connectivity index (χ1) is 12.5. The average Bonchev–Trinajstić information content (AvgIpc) is 3.04. The Kier molecular flexibility index (Phi) is 4.90. The molecule has 0 fully saturated rings. The number of nitrogens with one attached hydrogen (secondary N) is 1. The molecule has 0 saturated heterocycles. The average molecular weight is 347 g/mol. The predicted molar refractivity (Wildman–Crippen MR) is 98.8 cm³/mol. The molecule has 0 atom stereocenters. The summed E-state index contributed by atoms with van der Waals surface area (Å²) < 4.78 is 5.41. The van der Waals surface area contributed by atoms with Gasteiger partial charge in [0.05, 0.1) is 23.9 Å². The zero-order valence-electron chi connectivity index (χ0n) is 14.1. The highest BCUT2D eigenvalue weighted by Gasteiger charge is 2.06. The number of aromatic carboxylic acids is 1. The van der Waals surface area contributed by atoms with Crippen molar-refractivity contribution in [2.75, 3.05) is 11.1 Å². The summed E-state index contributed by atoms with van der Waals surface area (Å²) in [6.45, 7) is 2.57. The van der Waals surface area contributed by atoms with Gasteiger partial charge in [0.15, 0.2) is 0 Å². The smallest absolute Gasteiger partial charge is 0.337 e. The van der Waals surface area contributed by atoms with Crippen LogP contribution in [0, 0.1) is 18.8 Å². The first-order valence-electron chi connectivity index (χ1n) is 7.90. The number of pyridine rings is 1. The highest BCUT2D eigenvalue weighted by atomic mass is 16.4. The second-order valence-corrected chi connectivity index (χ2v) is 5.67. The molecule has 130 valence electrons. The molecule has 3 rings (SSSR count). The van der Waals surface area contributed by atoms with E-state index in [0.29, 0.717) is 12.1 Å². The summed E-state index contributed by atoms with van der Waals surface area (Å²) >= 11 is 0. The van der Waals surface area contributed by atoms with Gasteiger partial charge in [-0.25, -0.2) is 9.78 Å². The van der Waals surface area contributed by atoms with Crippen LogP contribution < -0.4 is 11.1 Å². The van der Waals surface area contributed by atoms with Crippen molar-refractivity contribution in [3.63, 3.8) is 0 Å².